The van der Waals surface area contributed by atoms with Gasteiger partial charge >= 0.3 is 6.18 Å². The van der Waals surface area contributed by atoms with E-state index < -0.39 is 11.9 Å². The number of hydrogen-bond donors (Lipinski definition) is 2. The van der Waals surface area contributed by atoms with E-state index in [2.05, 4.69) is 20.8 Å². The summed E-state index contributed by atoms with van der Waals surface area (Å²) >= 11 is 5.25. The predicted octanol–water partition coefficient (Wildman–Crippen LogP) is 4.54. The van der Waals surface area contributed by atoms with E-state index in [9.17, 15) is 17.6 Å². The highest BCUT2D eigenvalue weighted by Crippen LogP contribution is 2.42. The van der Waals surface area contributed by atoms with Crippen LogP contribution in [0.4, 0.5) is 23.4 Å². The predicted molar refractivity (Wildman–Crippen MR) is 116 cm³/mol. The molecule has 2 heterocycles. The molecular formula is C21H22F4N6S. The van der Waals surface area contributed by atoms with Crippen molar-refractivity contribution in [3.8, 4) is 0 Å². The number of alkyl halides is 3. The fraction of sp³-hybridized carbons (Fsp3) is 0.381. The van der Waals surface area contributed by atoms with Crippen LogP contribution in [0, 0.1) is 5.82 Å². The maximum atomic E-state index is 13.8. The van der Waals surface area contributed by atoms with Gasteiger partial charge in [0.05, 0.1) is 6.54 Å². The molecule has 6 nitrogen and oxygen atoms in total. The van der Waals surface area contributed by atoms with Crippen molar-refractivity contribution in [1.82, 2.24) is 24.9 Å². The van der Waals surface area contributed by atoms with Crippen molar-refractivity contribution in [3.05, 3.63) is 65.4 Å². The van der Waals surface area contributed by atoms with Crippen LogP contribution in [0.25, 0.3) is 0 Å². The van der Waals surface area contributed by atoms with Crippen LogP contribution in [-0.2, 0) is 19.3 Å². The van der Waals surface area contributed by atoms with Gasteiger partial charge in [-0.3, -0.25) is 9.36 Å². The first-order valence-corrected chi connectivity index (χ1v) is 10.7. The van der Waals surface area contributed by atoms with E-state index in [0.717, 1.165) is 18.9 Å². The number of aromatic nitrogens is 4. The lowest BCUT2D eigenvalue weighted by Crippen LogP contribution is -2.30. The molecule has 0 amide bonds. The summed E-state index contributed by atoms with van der Waals surface area (Å²) in [7, 11) is 0. The van der Waals surface area contributed by atoms with E-state index in [-0.39, 0.29) is 11.7 Å². The summed E-state index contributed by atoms with van der Waals surface area (Å²) in [6.07, 6.45) is -0.360. The van der Waals surface area contributed by atoms with E-state index >= 15 is 0 Å². The monoisotopic (exact) mass is 466 g/mol. The molecule has 170 valence electrons. The molecule has 2 N–H and O–H groups in total. The van der Waals surface area contributed by atoms with Gasteiger partial charge < -0.3 is 10.6 Å². The molecule has 11 heteroatoms. The van der Waals surface area contributed by atoms with Crippen molar-refractivity contribution in [2.45, 2.75) is 44.4 Å². The molecule has 1 saturated carbocycles. The highest BCUT2D eigenvalue weighted by molar-refractivity contribution is 7.80. The summed E-state index contributed by atoms with van der Waals surface area (Å²) in [5.41, 5.74) is 0.342. The van der Waals surface area contributed by atoms with Gasteiger partial charge in [-0.05, 0) is 43.6 Å². The van der Waals surface area contributed by atoms with Gasteiger partial charge in [0.15, 0.2) is 16.6 Å². The van der Waals surface area contributed by atoms with Gasteiger partial charge in [0.25, 0.3) is 0 Å². The second-order valence-electron chi connectivity index (χ2n) is 7.67. The molecule has 1 aliphatic carbocycles. The smallest absolute Gasteiger partial charge is 0.362 e. The van der Waals surface area contributed by atoms with Crippen LogP contribution in [0.5, 0.6) is 0 Å². The van der Waals surface area contributed by atoms with Crippen molar-refractivity contribution in [1.29, 1.82) is 0 Å². The average Bonchev–Trinajstić information content (AvgIpc) is 3.33. The molecule has 0 unspecified atom stereocenters. The van der Waals surface area contributed by atoms with Crippen LogP contribution in [-0.4, -0.2) is 31.2 Å². The molecule has 1 aromatic carbocycles. The summed E-state index contributed by atoms with van der Waals surface area (Å²) in [4.78, 5) is 0. The Bertz CT molecular complexity index is 1090. The third-order valence-electron chi connectivity index (χ3n) is 5.10. The fourth-order valence-corrected chi connectivity index (χ4v) is 3.57. The maximum Gasteiger partial charge on any atom is 0.435 e. The molecule has 0 aliphatic heterocycles. The van der Waals surface area contributed by atoms with Crippen molar-refractivity contribution >= 4 is 23.1 Å². The van der Waals surface area contributed by atoms with Crippen LogP contribution >= 0.6 is 12.2 Å². The number of nitrogens with zero attached hydrogens (tertiary/aromatic N) is 4. The van der Waals surface area contributed by atoms with E-state index in [1.54, 1.807) is 35.1 Å². The molecule has 0 bridgehead atoms. The highest BCUT2D eigenvalue weighted by atomic mass is 32.1. The SMILES string of the molecule is Fc1ccccc1Cn1ccc(NC(=S)NCCCn2nc(C(F)(F)F)cc2C2CC2)n1. The number of thiocarbonyl (C=S) groups is 1. The minimum absolute atomic E-state index is 0.175. The number of aryl methyl sites for hydroxylation is 1. The Morgan fingerprint density at radius 3 is 2.66 bits per heavy atom. The Labute approximate surface area is 187 Å². The fourth-order valence-electron chi connectivity index (χ4n) is 3.37. The van der Waals surface area contributed by atoms with Crippen molar-refractivity contribution in [3.63, 3.8) is 0 Å². The normalized spacial score (nSPS) is 13.9. The second kappa shape index (κ2) is 9.27. The third kappa shape index (κ3) is 5.64. The zero-order valence-corrected chi connectivity index (χ0v) is 17.9. The van der Waals surface area contributed by atoms with Crippen LogP contribution < -0.4 is 10.6 Å². The van der Waals surface area contributed by atoms with Crippen molar-refractivity contribution < 1.29 is 17.6 Å². The summed E-state index contributed by atoms with van der Waals surface area (Å²) in [6.45, 7) is 1.13. The topological polar surface area (TPSA) is 59.7 Å². The van der Waals surface area contributed by atoms with Gasteiger partial charge in [-0.2, -0.15) is 23.4 Å². The summed E-state index contributed by atoms with van der Waals surface area (Å²) < 4.78 is 55.7. The molecule has 1 fully saturated rings. The lowest BCUT2D eigenvalue weighted by Gasteiger charge is -2.10. The molecule has 0 saturated heterocycles. The van der Waals surface area contributed by atoms with Gasteiger partial charge in [0.1, 0.15) is 5.82 Å². The van der Waals surface area contributed by atoms with Gasteiger partial charge in [-0.25, -0.2) is 4.39 Å². The van der Waals surface area contributed by atoms with Crippen LogP contribution in [0.2, 0.25) is 0 Å². The maximum absolute atomic E-state index is 13.8. The standard InChI is InChI=1S/C21H22F4N6S/c22-16-5-2-1-4-15(16)13-30-11-8-19(29-30)27-20(32)26-9-3-10-31-17(14-6-7-14)12-18(28-31)21(23,24)25/h1-2,4-5,8,11-12,14H,3,6-7,9-10,13H2,(H2,26,27,29,32). The van der Waals surface area contributed by atoms with Gasteiger partial charge in [-0.1, -0.05) is 18.2 Å². The Hall–Kier alpha value is -2.95. The Morgan fingerprint density at radius 1 is 1.16 bits per heavy atom. The lowest BCUT2D eigenvalue weighted by atomic mass is 10.2. The summed E-state index contributed by atoms with van der Waals surface area (Å²) in [5.74, 6) is 0.393. The first-order valence-electron chi connectivity index (χ1n) is 10.3. The molecule has 0 spiro atoms. The molecule has 0 radical (unpaired) electrons. The van der Waals surface area contributed by atoms with Crippen LogP contribution in [0.15, 0.2) is 42.6 Å². The number of nitrogens with one attached hydrogen (secondary N) is 2. The zero-order valence-electron chi connectivity index (χ0n) is 17.1. The average molecular weight is 467 g/mol. The van der Waals surface area contributed by atoms with Crippen LogP contribution in [0.1, 0.15) is 42.1 Å². The summed E-state index contributed by atoms with van der Waals surface area (Å²) in [5, 5.41) is 14.4. The molecule has 32 heavy (non-hydrogen) atoms. The quantitative estimate of drug-likeness (QED) is 0.290. The molecule has 2 aromatic heterocycles. The van der Waals surface area contributed by atoms with E-state index in [0.29, 0.717) is 48.2 Å². The van der Waals surface area contributed by atoms with Crippen molar-refractivity contribution in [2.24, 2.45) is 0 Å². The Balaban J connectivity index is 1.24. The van der Waals surface area contributed by atoms with E-state index in [4.69, 9.17) is 12.2 Å². The van der Waals surface area contributed by atoms with E-state index in [1.807, 2.05) is 0 Å². The molecule has 0 atom stereocenters. The number of hydrogen-bond acceptors (Lipinski definition) is 3. The first kappa shape index (κ1) is 22.3. The van der Waals surface area contributed by atoms with Gasteiger partial charge in [0.2, 0.25) is 0 Å². The largest absolute Gasteiger partial charge is 0.435 e. The lowest BCUT2D eigenvalue weighted by molar-refractivity contribution is -0.141. The zero-order chi connectivity index (χ0) is 22.7. The van der Waals surface area contributed by atoms with Gasteiger partial charge in [-0.15, -0.1) is 0 Å². The molecular weight excluding hydrogens is 444 g/mol. The minimum atomic E-state index is -4.44. The Morgan fingerprint density at radius 2 is 1.94 bits per heavy atom. The summed E-state index contributed by atoms with van der Waals surface area (Å²) in [6, 6.07) is 9.38. The minimum Gasteiger partial charge on any atom is -0.362 e. The molecule has 4 rings (SSSR count). The van der Waals surface area contributed by atoms with Gasteiger partial charge in [0, 0.05) is 42.5 Å². The molecule has 3 aromatic rings. The number of anilines is 1. The first-order chi connectivity index (χ1) is 15.3. The van der Waals surface area contributed by atoms with Crippen molar-refractivity contribution in [2.75, 3.05) is 11.9 Å². The highest BCUT2D eigenvalue weighted by Gasteiger charge is 2.37. The van der Waals surface area contributed by atoms with E-state index in [1.165, 1.54) is 10.7 Å². The third-order valence-corrected chi connectivity index (χ3v) is 5.35. The second-order valence-corrected chi connectivity index (χ2v) is 8.08. The Kier molecular flexibility index (Phi) is 6.45. The number of rotatable bonds is 8. The molecule has 1 aliphatic rings. The number of halogens is 4. The number of benzene rings is 1. The van der Waals surface area contributed by atoms with Crippen LogP contribution in [0.3, 0.4) is 0 Å².